The van der Waals surface area contributed by atoms with Crippen molar-refractivity contribution < 1.29 is 8.42 Å². The second kappa shape index (κ2) is 5.25. The number of nitrogens with one attached hydrogen (secondary N) is 1. The summed E-state index contributed by atoms with van der Waals surface area (Å²) in [5.74, 6) is 0.789. The maximum Gasteiger partial charge on any atom is 0.282 e. The molecule has 0 aliphatic rings. The molecule has 19 heavy (non-hydrogen) atoms. The van der Waals surface area contributed by atoms with Gasteiger partial charge in [-0.15, -0.1) is 0 Å². The number of aromatic nitrogens is 4. The molecule has 2 aromatic heterocycles. The molecular weight excluding hydrogens is 334 g/mol. The summed E-state index contributed by atoms with van der Waals surface area (Å²) in [4.78, 5) is 11.8. The van der Waals surface area contributed by atoms with Gasteiger partial charge in [0.1, 0.15) is 10.4 Å². The van der Waals surface area contributed by atoms with Crippen molar-refractivity contribution in [3.8, 4) is 0 Å². The van der Waals surface area contributed by atoms with Crippen LogP contribution in [-0.4, -0.2) is 27.9 Å². The predicted octanol–water partition coefficient (Wildman–Crippen LogP) is 1.56. The summed E-state index contributed by atoms with van der Waals surface area (Å²) in [6.07, 6.45) is 4.23. The maximum absolute atomic E-state index is 12.1. The molecule has 0 atom stereocenters. The molecule has 2 aromatic rings. The first-order valence-electron chi connectivity index (χ1n) is 5.46. The summed E-state index contributed by atoms with van der Waals surface area (Å²) in [7, 11) is -3.74. The Morgan fingerprint density at radius 3 is 2.63 bits per heavy atom. The van der Waals surface area contributed by atoms with Crippen molar-refractivity contribution in [3.63, 3.8) is 0 Å². The van der Waals surface area contributed by atoms with Crippen molar-refractivity contribution in [2.75, 3.05) is 4.72 Å². The first-order valence-corrected chi connectivity index (χ1v) is 7.74. The van der Waals surface area contributed by atoms with Crippen LogP contribution in [0.5, 0.6) is 0 Å². The largest absolute Gasteiger partial charge is 0.334 e. The highest BCUT2D eigenvalue weighted by atomic mass is 79.9. The molecule has 102 valence electrons. The first-order chi connectivity index (χ1) is 8.92. The Labute approximate surface area is 119 Å². The van der Waals surface area contributed by atoms with E-state index in [0.29, 0.717) is 17.0 Å². The van der Waals surface area contributed by atoms with Crippen LogP contribution < -0.4 is 4.72 Å². The molecule has 1 N–H and O–H groups in total. The lowest BCUT2D eigenvalue weighted by atomic mass is 10.6. The van der Waals surface area contributed by atoms with Gasteiger partial charge in [0.25, 0.3) is 10.0 Å². The Balaban J connectivity index is 2.29. The van der Waals surface area contributed by atoms with E-state index in [1.807, 2.05) is 6.92 Å². The van der Waals surface area contributed by atoms with Crippen LogP contribution in [0.1, 0.15) is 12.7 Å². The van der Waals surface area contributed by atoms with E-state index in [1.165, 1.54) is 18.6 Å². The van der Waals surface area contributed by atoms with Gasteiger partial charge in [0, 0.05) is 12.7 Å². The van der Waals surface area contributed by atoms with Crippen molar-refractivity contribution in [3.05, 3.63) is 29.0 Å². The number of rotatable bonds is 4. The zero-order chi connectivity index (χ0) is 14.0. The lowest BCUT2D eigenvalue weighted by Gasteiger charge is -2.03. The summed E-state index contributed by atoms with van der Waals surface area (Å²) < 4.78 is 28.8. The number of sulfonamides is 1. The van der Waals surface area contributed by atoms with Crippen LogP contribution in [0.2, 0.25) is 0 Å². The second-order valence-electron chi connectivity index (χ2n) is 3.74. The second-order valence-corrected chi connectivity index (χ2v) is 6.18. The highest BCUT2D eigenvalue weighted by Crippen LogP contribution is 2.14. The van der Waals surface area contributed by atoms with Crippen molar-refractivity contribution >= 4 is 31.8 Å². The highest BCUT2D eigenvalue weighted by molar-refractivity contribution is 9.10. The van der Waals surface area contributed by atoms with Crippen LogP contribution in [0.15, 0.2) is 28.2 Å². The molecule has 0 unspecified atom stereocenters. The molecular formula is C10H12BrN5O2S. The minimum Gasteiger partial charge on any atom is -0.334 e. The first kappa shape index (κ1) is 13.9. The van der Waals surface area contributed by atoms with Gasteiger partial charge in [-0.3, -0.25) is 4.72 Å². The molecule has 9 heteroatoms. The Morgan fingerprint density at radius 1 is 1.37 bits per heavy atom. The van der Waals surface area contributed by atoms with Gasteiger partial charge in [0.2, 0.25) is 0 Å². The third-order valence-electron chi connectivity index (χ3n) is 2.43. The van der Waals surface area contributed by atoms with Gasteiger partial charge in [-0.2, -0.15) is 8.42 Å². The van der Waals surface area contributed by atoms with Crippen LogP contribution >= 0.6 is 15.9 Å². The molecule has 0 bridgehead atoms. The molecule has 0 spiro atoms. The number of hydrogen-bond donors (Lipinski definition) is 1. The number of anilines is 1. The quantitative estimate of drug-likeness (QED) is 0.908. The number of aryl methyl sites for hydroxylation is 2. The lowest BCUT2D eigenvalue weighted by Crippen LogP contribution is -2.14. The molecule has 0 saturated heterocycles. The average Bonchev–Trinajstić information content (AvgIpc) is 2.74. The molecule has 0 aromatic carbocycles. The fraction of sp³-hybridized carbons (Fsp3) is 0.300. The minimum absolute atomic E-state index is 0.0310. The Bertz CT molecular complexity index is 680. The summed E-state index contributed by atoms with van der Waals surface area (Å²) in [6, 6.07) is 0. The van der Waals surface area contributed by atoms with Crippen LogP contribution in [0.4, 0.5) is 5.82 Å². The number of hydrogen-bond acceptors (Lipinski definition) is 5. The fourth-order valence-electron chi connectivity index (χ4n) is 1.48. The molecule has 7 nitrogen and oxygen atoms in total. The zero-order valence-electron chi connectivity index (χ0n) is 10.3. The van der Waals surface area contributed by atoms with Crippen molar-refractivity contribution in [1.29, 1.82) is 0 Å². The Hall–Kier alpha value is -1.48. The van der Waals surface area contributed by atoms with Crippen molar-refractivity contribution in [2.24, 2.45) is 0 Å². The summed E-state index contributed by atoms with van der Waals surface area (Å²) in [5.41, 5.74) is 0. The van der Waals surface area contributed by atoms with Crippen LogP contribution in [0.25, 0.3) is 0 Å². The van der Waals surface area contributed by atoms with E-state index >= 15 is 0 Å². The lowest BCUT2D eigenvalue weighted by molar-refractivity contribution is 0.597. The molecule has 0 aliphatic carbocycles. The highest BCUT2D eigenvalue weighted by Gasteiger charge is 2.19. The van der Waals surface area contributed by atoms with E-state index in [1.54, 1.807) is 11.5 Å². The van der Waals surface area contributed by atoms with Crippen LogP contribution in [0.3, 0.4) is 0 Å². The van der Waals surface area contributed by atoms with E-state index < -0.39 is 10.0 Å². The van der Waals surface area contributed by atoms with Gasteiger partial charge < -0.3 is 4.57 Å². The van der Waals surface area contributed by atoms with Gasteiger partial charge in [-0.1, -0.05) is 0 Å². The molecule has 0 amide bonds. The smallest absolute Gasteiger partial charge is 0.282 e. The maximum atomic E-state index is 12.1. The van der Waals surface area contributed by atoms with Gasteiger partial charge >= 0.3 is 0 Å². The monoisotopic (exact) mass is 345 g/mol. The van der Waals surface area contributed by atoms with Crippen molar-refractivity contribution in [1.82, 2.24) is 19.5 Å². The van der Waals surface area contributed by atoms with Gasteiger partial charge in [-0.05, 0) is 29.8 Å². The van der Waals surface area contributed by atoms with E-state index in [2.05, 4.69) is 35.6 Å². The van der Waals surface area contributed by atoms with Gasteiger partial charge in [0.15, 0.2) is 10.8 Å². The van der Waals surface area contributed by atoms with Crippen LogP contribution in [-0.2, 0) is 16.6 Å². The topological polar surface area (TPSA) is 89.8 Å². The Morgan fingerprint density at radius 2 is 2.11 bits per heavy atom. The number of nitrogens with zero attached hydrogens (tertiary/aromatic N) is 4. The standard InChI is InChI=1S/C10H12BrN5O2S/c1-3-16-6-10(14-7(16)2)19(17,18)15-9-5-12-8(11)4-13-9/h4-6H,3H2,1-2H3,(H,13,15). The van der Waals surface area contributed by atoms with Gasteiger partial charge in [0.05, 0.1) is 12.4 Å². The minimum atomic E-state index is -3.74. The average molecular weight is 346 g/mol. The van der Waals surface area contributed by atoms with E-state index in [9.17, 15) is 8.42 Å². The summed E-state index contributed by atoms with van der Waals surface area (Å²) in [5, 5.41) is -0.0310. The normalized spacial score (nSPS) is 11.5. The molecule has 2 rings (SSSR count). The molecule has 0 saturated carbocycles. The summed E-state index contributed by atoms with van der Waals surface area (Å²) >= 11 is 3.13. The van der Waals surface area contributed by atoms with E-state index in [0.717, 1.165) is 0 Å². The van der Waals surface area contributed by atoms with Gasteiger partial charge in [-0.25, -0.2) is 15.0 Å². The molecule has 0 aliphatic heterocycles. The molecule has 0 fully saturated rings. The van der Waals surface area contributed by atoms with Crippen LogP contribution in [0, 0.1) is 6.92 Å². The number of halogens is 1. The molecule has 2 heterocycles. The van der Waals surface area contributed by atoms with E-state index in [4.69, 9.17) is 0 Å². The SMILES string of the molecule is CCn1cc(S(=O)(=O)Nc2cnc(Br)cn2)nc1C. The number of imidazole rings is 1. The Kier molecular flexibility index (Phi) is 3.85. The molecule has 0 radical (unpaired) electrons. The fourth-order valence-corrected chi connectivity index (χ4v) is 2.69. The predicted molar refractivity (Wildman–Crippen MR) is 73.2 cm³/mol. The third-order valence-corrected chi connectivity index (χ3v) is 4.06. The van der Waals surface area contributed by atoms with E-state index in [-0.39, 0.29) is 10.8 Å². The van der Waals surface area contributed by atoms with Crippen molar-refractivity contribution in [2.45, 2.75) is 25.4 Å². The zero-order valence-corrected chi connectivity index (χ0v) is 12.7. The summed E-state index contributed by atoms with van der Waals surface area (Å²) in [6.45, 7) is 4.33. The third kappa shape index (κ3) is 3.10.